The van der Waals surface area contributed by atoms with Gasteiger partial charge in [-0.3, -0.25) is 4.79 Å². The number of amides is 1. The molecule has 0 radical (unpaired) electrons. The molecule has 0 aliphatic carbocycles. The SMILES string of the molecule is O=C(Nc1ccc2c(c1F)CCNC2)c1ccc(N2CCOCC2)cc1. The number of carbonyl (C=O) groups is 1. The first-order chi connectivity index (χ1) is 12.7. The molecule has 2 N–H and O–H groups in total. The van der Waals surface area contributed by atoms with Crippen molar-refractivity contribution < 1.29 is 13.9 Å². The van der Waals surface area contributed by atoms with E-state index in [1.807, 2.05) is 18.2 Å². The minimum atomic E-state index is -0.317. The van der Waals surface area contributed by atoms with E-state index in [-0.39, 0.29) is 17.4 Å². The highest BCUT2D eigenvalue weighted by atomic mass is 19.1. The molecular formula is C20H22FN3O2. The molecule has 26 heavy (non-hydrogen) atoms. The van der Waals surface area contributed by atoms with Gasteiger partial charge < -0.3 is 20.3 Å². The Hall–Kier alpha value is -2.44. The number of hydrogen-bond donors (Lipinski definition) is 2. The summed E-state index contributed by atoms with van der Waals surface area (Å²) in [4.78, 5) is 14.7. The third kappa shape index (κ3) is 3.43. The second kappa shape index (κ2) is 7.43. The van der Waals surface area contributed by atoms with Crippen molar-refractivity contribution in [3.8, 4) is 0 Å². The van der Waals surface area contributed by atoms with Gasteiger partial charge in [0.05, 0.1) is 18.9 Å². The Morgan fingerprint density at radius 3 is 2.65 bits per heavy atom. The number of ether oxygens (including phenoxy) is 1. The highest BCUT2D eigenvalue weighted by Crippen LogP contribution is 2.25. The number of hydrogen-bond acceptors (Lipinski definition) is 4. The molecule has 5 nitrogen and oxygen atoms in total. The maximum atomic E-state index is 14.7. The van der Waals surface area contributed by atoms with Gasteiger partial charge in [0.25, 0.3) is 5.91 Å². The molecule has 1 fully saturated rings. The topological polar surface area (TPSA) is 53.6 Å². The lowest BCUT2D eigenvalue weighted by atomic mass is 9.99. The third-order valence-corrected chi connectivity index (χ3v) is 4.96. The summed E-state index contributed by atoms with van der Waals surface area (Å²) in [7, 11) is 0. The minimum Gasteiger partial charge on any atom is -0.378 e. The molecule has 136 valence electrons. The lowest BCUT2D eigenvalue weighted by molar-refractivity contribution is 0.102. The molecule has 2 aliphatic heterocycles. The van der Waals surface area contributed by atoms with Gasteiger partial charge in [-0.2, -0.15) is 0 Å². The Bertz CT molecular complexity index is 801. The molecule has 0 spiro atoms. The Kier molecular flexibility index (Phi) is 4.86. The monoisotopic (exact) mass is 355 g/mol. The fourth-order valence-corrected chi connectivity index (χ4v) is 3.47. The first-order valence-electron chi connectivity index (χ1n) is 8.97. The highest BCUT2D eigenvalue weighted by Gasteiger charge is 2.18. The second-order valence-electron chi connectivity index (χ2n) is 6.59. The molecule has 1 saturated heterocycles. The van der Waals surface area contributed by atoms with Crippen LogP contribution in [0, 0.1) is 5.82 Å². The number of carbonyl (C=O) groups excluding carboxylic acids is 1. The summed E-state index contributed by atoms with van der Waals surface area (Å²) < 4.78 is 20.0. The summed E-state index contributed by atoms with van der Waals surface area (Å²) in [6, 6.07) is 10.9. The molecule has 2 heterocycles. The zero-order valence-corrected chi connectivity index (χ0v) is 14.6. The van der Waals surface area contributed by atoms with Gasteiger partial charge in [0.2, 0.25) is 0 Å². The van der Waals surface area contributed by atoms with Crippen molar-refractivity contribution in [2.75, 3.05) is 43.1 Å². The number of nitrogens with zero attached hydrogens (tertiary/aromatic N) is 1. The first kappa shape index (κ1) is 17.0. The maximum Gasteiger partial charge on any atom is 0.255 e. The molecule has 2 aliphatic rings. The van der Waals surface area contributed by atoms with Crippen LogP contribution in [-0.4, -0.2) is 38.8 Å². The van der Waals surface area contributed by atoms with E-state index in [0.717, 1.165) is 44.1 Å². The quantitative estimate of drug-likeness (QED) is 0.889. The van der Waals surface area contributed by atoms with E-state index in [1.54, 1.807) is 18.2 Å². The van der Waals surface area contributed by atoms with E-state index in [1.165, 1.54) is 0 Å². The van der Waals surface area contributed by atoms with Gasteiger partial charge in [-0.15, -0.1) is 0 Å². The number of anilines is 2. The van der Waals surface area contributed by atoms with Gasteiger partial charge in [-0.1, -0.05) is 6.07 Å². The molecule has 6 heteroatoms. The van der Waals surface area contributed by atoms with E-state index in [0.29, 0.717) is 24.1 Å². The van der Waals surface area contributed by atoms with Crippen molar-refractivity contribution in [2.45, 2.75) is 13.0 Å². The summed E-state index contributed by atoms with van der Waals surface area (Å²) in [6.45, 7) is 4.56. The van der Waals surface area contributed by atoms with E-state index in [2.05, 4.69) is 15.5 Å². The number of nitrogens with one attached hydrogen (secondary N) is 2. The van der Waals surface area contributed by atoms with Crippen LogP contribution in [0.4, 0.5) is 15.8 Å². The predicted octanol–water partition coefficient (Wildman–Crippen LogP) is 2.56. The van der Waals surface area contributed by atoms with Crippen molar-refractivity contribution >= 4 is 17.3 Å². The normalized spacial score (nSPS) is 16.9. The average Bonchev–Trinajstić information content (AvgIpc) is 2.71. The molecule has 0 unspecified atom stereocenters. The Labute approximate surface area is 152 Å². The number of benzene rings is 2. The van der Waals surface area contributed by atoms with E-state index >= 15 is 0 Å². The van der Waals surface area contributed by atoms with Crippen molar-refractivity contribution in [2.24, 2.45) is 0 Å². The average molecular weight is 355 g/mol. The Morgan fingerprint density at radius 2 is 1.88 bits per heavy atom. The summed E-state index contributed by atoms with van der Waals surface area (Å²) in [5, 5.41) is 5.93. The zero-order chi connectivity index (χ0) is 17.9. The number of fused-ring (bicyclic) bond motifs is 1. The summed E-state index contributed by atoms with van der Waals surface area (Å²) in [6.07, 6.45) is 0.638. The van der Waals surface area contributed by atoms with Crippen LogP contribution in [0.15, 0.2) is 36.4 Å². The van der Waals surface area contributed by atoms with Gasteiger partial charge in [0.1, 0.15) is 5.82 Å². The minimum absolute atomic E-state index is 0.243. The molecule has 0 bridgehead atoms. The van der Waals surface area contributed by atoms with Crippen molar-refractivity contribution in [3.63, 3.8) is 0 Å². The predicted molar refractivity (Wildman–Crippen MR) is 99.2 cm³/mol. The molecule has 0 aromatic heterocycles. The van der Waals surface area contributed by atoms with Crippen LogP contribution in [0.2, 0.25) is 0 Å². The summed E-state index contributed by atoms with van der Waals surface area (Å²) in [5.74, 6) is -0.617. The van der Waals surface area contributed by atoms with Crippen molar-refractivity contribution in [3.05, 3.63) is 58.9 Å². The number of rotatable bonds is 3. The summed E-state index contributed by atoms with van der Waals surface area (Å²) in [5.41, 5.74) is 3.48. The molecule has 4 rings (SSSR count). The zero-order valence-electron chi connectivity index (χ0n) is 14.6. The highest BCUT2D eigenvalue weighted by molar-refractivity contribution is 6.04. The third-order valence-electron chi connectivity index (χ3n) is 4.96. The van der Waals surface area contributed by atoms with Crippen LogP contribution in [0.25, 0.3) is 0 Å². The van der Waals surface area contributed by atoms with Gasteiger partial charge in [-0.25, -0.2) is 4.39 Å². The van der Waals surface area contributed by atoms with Crippen LogP contribution >= 0.6 is 0 Å². The second-order valence-corrected chi connectivity index (χ2v) is 6.59. The standard InChI is InChI=1S/C20H22FN3O2/c21-19-17-7-8-22-13-15(17)3-6-18(19)23-20(25)14-1-4-16(5-2-14)24-9-11-26-12-10-24/h1-6,22H,7-13H2,(H,23,25). The lowest BCUT2D eigenvalue weighted by Crippen LogP contribution is -2.36. The molecule has 0 atom stereocenters. The van der Waals surface area contributed by atoms with E-state index < -0.39 is 0 Å². The van der Waals surface area contributed by atoms with E-state index in [4.69, 9.17) is 4.74 Å². The van der Waals surface area contributed by atoms with Crippen LogP contribution in [0.1, 0.15) is 21.5 Å². The van der Waals surface area contributed by atoms with Crippen LogP contribution in [-0.2, 0) is 17.7 Å². The molecular weight excluding hydrogens is 333 g/mol. The smallest absolute Gasteiger partial charge is 0.255 e. The lowest BCUT2D eigenvalue weighted by Gasteiger charge is -2.28. The van der Waals surface area contributed by atoms with Crippen molar-refractivity contribution in [1.82, 2.24) is 5.32 Å². The summed E-state index contributed by atoms with van der Waals surface area (Å²) >= 11 is 0. The molecule has 1 amide bonds. The molecule has 2 aromatic carbocycles. The van der Waals surface area contributed by atoms with Gasteiger partial charge in [-0.05, 0) is 54.4 Å². The van der Waals surface area contributed by atoms with Crippen LogP contribution < -0.4 is 15.5 Å². The van der Waals surface area contributed by atoms with Gasteiger partial charge in [0, 0.05) is 30.9 Å². The van der Waals surface area contributed by atoms with Crippen molar-refractivity contribution in [1.29, 1.82) is 0 Å². The van der Waals surface area contributed by atoms with Crippen LogP contribution in [0.5, 0.6) is 0 Å². The maximum absolute atomic E-state index is 14.7. The van der Waals surface area contributed by atoms with Gasteiger partial charge >= 0.3 is 0 Å². The first-order valence-corrected chi connectivity index (χ1v) is 8.97. The number of halogens is 1. The van der Waals surface area contributed by atoms with E-state index in [9.17, 15) is 9.18 Å². The molecule has 2 aromatic rings. The Balaban J connectivity index is 1.48. The molecule has 0 saturated carbocycles. The number of morpholine rings is 1. The van der Waals surface area contributed by atoms with Gasteiger partial charge in [0.15, 0.2) is 0 Å². The van der Waals surface area contributed by atoms with Crippen LogP contribution in [0.3, 0.4) is 0 Å². The fraction of sp³-hybridized carbons (Fsp3) is 0.350. The fourth-order valence-electron chi connectivity index (χ4n) is 3.47. The largest absolute Gasteiger partial charge is 0.378 e. The Morgan fingerprint density at radius 1 is 1.12 bits per heavy atom.